The number of aryl methyl sites for hydroxylation is 1. The third-order valence-electron chi connectivity index (χ3n) is 5.66. The van der Waals surface area contributed by atoms with Crippen molar-refractivity contribution in [3.63, 3.8) is 0 Å². The first-order chi connectivity index (χ1) is 15.2. The van der Waals surface area contributed by atoms with Gasteiger partial charge in [-0.1, -0.05) is 61.2 Å². The molecule has 0 unspecified atom stereocenters. The molecule has 31 heavy (non-hydrogen) atoms. The van der Waals surface area contributed by atoms with Crippen molar-refractivity contribution in [2.24, 2.45) is 0 Å². The van der Waals surface area contributed by atoms with Crippen molar-refractivity contribution >= 4 is 44.3 Å². The minimum absolute atomic E-state index is 0.180. The van der Waals surface area contributed by atoms with E-state index in [1.807, 2.05) is 0 Å². The summed E-state index contributed by atoms with van der Waals surface area (Å²) in [4.78, 5) is 23.0. The van der Waals surface area contributed by atoms with E-state index >= 15 is 0 Å². The van der Waals surface area contributed by atoms with Gasteiger partial charge in [0.1, 0.15) is 0 Å². The number of esters is 2. The van der Waals surface area contributed by atoms with Gasteiger partial charge in [0.25, 0.3) is 0 Å². The zero-order valence-electron chi connectivity index (χ0n) is 17.6. The molecule has 4 aromatic carbocycles. The molecule has 0 aromatic heterocycles. The Balaban J connectivity index is 1.32. The van der Waals surface area contributed by atoms with Crippen molar-refractivity contribution in [1.29, 1.82) is 0 Å². The number of hydrogen-bond acceptors (Lipinski definition) is 4. The molecular weight excluding hydrogens is 388 g/mol. The number of benzene rings is 4. The molecule has 4 aromatic rings. The third kappa shape index (κ3) is 4.69. The van der Waals surface area contributed by atoms with Crippen LogP contribution in [0.4, 0.5) is 0 Å². The maximum atomic E-state index is 12.0. The summed E-state index contributed by atoms with van der Waals surface area (Å²) in [6.45, 7) is 4.01. The minimum atomic E-state index is -0.427. The molecule has 158 valence electrons. The Kier molecular flexibility index (Phi) is 6.46. The molecule has 4 rings (SSSR count). The van der Waals surface area contributed by atoms with Crippen LogP contribution in [0.1, 0.15) is 31.2 Å². The van der Waals surface area contributed by atoms with Crippen molar-refractivity contribution in [3.05, 3.63) is 72.8 Å². The van der Waals surface area contributed by atoms with Crippen LogP contribution in [-0.2, 0) is 25.5 Å². The number of carbonyl (C=O) groups excluding carboxylic acids is 2. The highest BCUT2D eigenvalue weighted by Gasteiger charge is 2.11. The highest BCUT2D eigenvalue weighted by molar-refractivity contribution is 6.23. The Morgan fingerprint density at radius 1 is 0.774 bits per heavy atom. The molecule has 0 bridgehead atoms. The van der Waals surface area contributed by atoms with Crippen LogP contribution in [-0.4, -0.2) is 25.2 Å². The maximum Gasteiger partial charge on any atom is 0.330 e. The van der Waals surface area contributed by atoms with Crippen LogP contribution < -0.4 is 0 Å². The maximum absolute atomic E-state index is 12.0. The number of ether oxygens (including phenoxy) is 2. The molecule has 4 nitrogen and oxygen atoms in total. The lowest BCUT2D eigenvalue weighted by molar-refractivity contribution is -0.144. The second-order valence-corrected chi connectivity index (χ2v) is 7.73. The SMILES string of the molecule is C=CC(=O)OCCCCOC(=O)CCCc1ccc2ccc3cccc4ccc1c2c34. The Morgan fingerprint density at radius 3 is 2.16 bits per heavy atom. The molecule has 0 atom stereocenters. The summed E-state index contributed by atoms with van der Waals surface area (Å²) in [5, 5.41) is 7.67. The summed E-state index contributed by atoms with van der Waals surface area (Å²) >= 11 is 0. The van der Waals surface area contributed by atoms with Gasteiger partial charge in [-0.25, -0.2) is 4.79 Å². The van der Waals surface area contributed by atoms with E-state index < -0.39 is 5.97 Å². The van der Waals surface area contributed by atoms with Crippen LogP contribution in [0.2, 0.25) is 0 Å². The van der Waals surface area contributed by atoms with E-state index in [9.17, 15) is 9.59 Å². The minimum Gasteiger partial charge on any atom is -0.466 e. The standard InChI is InChI=1S/C27H26O4/c1-2-24(28)30-17-3-4-18-31-25(29)10-6-7-19-11-12-22-14-13-20-8-5-9-21-15-16-23(19)27(22)26(20)21/h2,5,8-9,11-16H,1,3-4,6-7,10,17-18H2. The average molecular weight is 415 g/mol. The lowest BCUT2D eigenvalue weighted by atomic mass is 9.90. The van der Waals surface area contributed by atoms with Crippen LogP contribution in [0, 0.1) is 0 Å². The van der Waals surface area contributed by atoms with Crippen LogP contribution in [0.25, 0.3) is 32.3 Å². The van der Waals surface area contributed by atoms with E-state index in [1.54, 1.807) is 0 Å². The average Bonchev–Trinajstić information content (AvgIpc) is 2.80. The molecule has 0 saturated carbocycles. The van der Waals surface area contributed by atoms with Gasteiger partial charge in [-0.2, -0.15) is 0 Å². The Labute approximate surface area is 181 Å². The largest absolute Gasteiger partial charge is 0.466 e. The Bertz CT molecular complexity index is 1210. The predicted molar refractivity (Wildman–Crippen MR) is 124 cm³/mol. The van der Waals surface area contributed by atoms with Crippen LogP contribution in [0.15, 0.2) is 67.3 Å². The van der Waals surface area contributed by atoms with Crippen LogP contribution in [0.5, 0.6) is 0 Å². The molecule has 0 radical (unpaired) electrons. The Morgan fingerprint density at radius 2 is 1.42 bits per heavy atom. The van der Waals surface area contributed by atoms with Crippen molar-refractivity contribution in [2.45, 2.75) is 32.1 Å². The fourth-order valence-electron chi connectivity index (χ4n) is 4.13. The van der Waals surface area contributed by atoms with Gasteiger partial charge in [0, 0.05) is 12.5 Å². The number of unbranched alkanes of at least 4 members (excludes halogenated alkanes) is 1. The highest BCUT2D eigenvalue weighted by atomic mass is 16.5. The third-order valence-corrected chi connectivity index (χ3v) is 5.66. The smallest absolute Gasteiger partial charge is 0.330 e. The number of rotatable bonds is 10. The Hall–Kier alpha value is -3.40. The van der Waals surface area contributed by atoms with Crippen molar-refractivity contribution in [2.75, 3.05) is 13.2 Å². The summed E-state index contributed by atoms with van der Waals surface area (Å²) in [6, 6.07) is 19.5. The van der Waals surface area contributed by atoms with E-state index in [2.05, 4.69) is 61.2 Å². The van der Waals surface area contributed by atoms with Crippen molar-refractivity contribution in [3.8, 4) is 0 Å². The van der Waals surface area contributed by atoms with E-state index in [0.29, 0.717) is 32.5 Å². The van der Waals surface area contributed by atoms with Gasteiger partial charge in [-0.05, 0) is 63.6 Å². The summed E-state index contributed by atoms with van der Waals surface area (Å²) in [5.41, 5.74) is 1.27. The second kappa shape index (κ2) is 9.61. The molecule has 0 aliphatic rings. The van der Waals surface area contributed by atoms with E-state index in [4.69, 9.17) is 9.47 Å². The molecule has 0 fully saturated rings. The molecule has 0 heterocycles. The molecule has 0 aliphatic heterocycles. The summed E-state index contributed by atoms with van der Waals surface area (Å²) < 4.78 is 10.2. The molecule has 0 spiro atoms. The first-order valence-electron chi connectivity index (χ1n) is 10.8. The molecule has 0 aliphatic carbocycles. The van der Waals surface area contributed by atoms with E-state index in [0.717, 1.165) is 18.9 Å². The van der Waals surface area contributed by atoms with Crippen molar-refractivity contribution < 1.29 is 19.1 Å². The number of carbonyl (C=O) groups is 2. The predicted octanol–water partition coefficient (Wildman–Crippen LogP) is 5.96. The lowest BCUT2D eigenvalue weighted by Gasteiger charge is -2.14. The van der Waals surface area contributed by atoms with Gasteiger partial charge >= 0.3 is 11.9 Å². The highest BCUT2D eigenvalue weighted by Crippen LogP contribution is 2.36. The van der Waals surface area contributed by atoms with Gasteiger partial charge in [-0.15, -0.1) is 0 Å². The van der Waals surface area contributed by atoms with Crippen LogP contribution in [0.3, 0.4) is 0 Å². The zero-order valence-corrected chi connectivity index (χ0v) is 17.6. The quantitative estimate of drug-likeness (QED) is 0.139. The van der Waals surface area contributed by atoms with Gasteiger partial charge in [0.15, 0.2) is 0 Å². The van der Waals surface area contributed by atoms with Crippen molar-refractivity contribution in [1.82, 2.24) is 0 Å². The van der Waals surface area contributed by atoms with Gasteiger partial charge in [-0.3, -0.25) is 4.79 Å². The normalized spacial score (nSPS) is 11.2. The number of hydrogen-bond donors (Lipinski definition) is 0. The zero-order chi connectivity index (χ0) is 21.6. The fourth-order valence-corrected chi connectivity index (χ4v) is 4.13. The topological polar surface area (TPSA) is 52.6 Å². The molecule has 0 amide bonds. The van der Waals surface area contributed by atoms with E-state index in [-0.39, 0.29) is 5.97 Å². The molecular formula is C27H26O4. The van der Waals surface area contributed by atoms with Gasteiger partial charge in [0.05, 0.1) is 13.2 Å². The first kappa shape index (κ1) is 20.9. The summed E-state index contributed by atoms with van der Waals surface area (Å²) in [6.07, 6.45) is 4.45. The molecule has 4 heteroatoms. The van der Waals surface area contributed by atoms with E-state index in [1.165, 1.54) is 37.9 Å². The second-order valence-electron chi connectivity index (χ2n) is 7.73. The van der Waals surface area contributed by atoms with Gasteiger partial charge < -0.3 is 9.47 Å². The lowest BCUT2D eigenvalue weighted by Crippen LogP contribution is -2.08. The molecule has 0 N–H and O–H groups in total. The van der Waals surface area contributed by atoms with Gasteiger partial charge in [0.2, 0.25) is 0 Å². The summed E-state index contributed by atoms with van der Waals surface area (Å²) in [7, 11) is 0. The first-order valence-corrected chi connectivity index (χ1v) is 10.8. The monoisotopic (exact) mass is 414 g/mol. The fraction of sp³-hybridized carbons (Fsp3) is 0.259. The molecule has 0 saturated heterocycles. The van der Waals surface area contributed by atoms with Crippen LogP contribution >= 0.6 is 0 Å². The summed E-state index contributed by atoms with van der Waals surface area (Å²) in [5.74, 6) is -0.607.